The summed E-state index contributed by atoms with van der Waals surface area (Å²) < 4.78 is 5.83. The lowest BCUT2D eigenvalue weighted by Gasteiger charge is -2.37. The number of nitrogens with one attached hydrogen (secondary N) is 1. The summed E-state index contributed by atoms with van der Waals surface area (Å²) in [5.41, 5.74) is -1.38. The first-order valence-electron chi connectivity index (χ1n) is 9.49. The number of aromatic nitrogens is 1. The molecule has 0 radical (unpaired) electrons. The zero-order valence-electron chi connectivity index (χ0n) is 16.6. The number of thiazole rings is 1. The highest BCUT2D eigenvalue weighted by atomic mass is 32.1. The van der Waals surface area contributed by atoms with Crippen molar-refractivity contribution < 1.29 is 14.3 Å². The minimum absolute atomic E-state index is 0.0264. The summed E-state index contributed by atoms with van der Waals surface area (Å²) in [5.74, 6) is 0.116. The number of carbonyl (C=O) groups is 2. The van der Waals surface area contributed by atoms with Crippen molar-refractivity contribution in [3.05, 3.63) is 16.1 Å². The van der Waals surface area contributed by atoms with E-state index in [-0.39, 0.29) is 29.6 Å². The zero-order chi connectivity index (χ0) is 19.3. The Bertz CT molecular complexity index is 706. The predicted octanol–water partition coefficient (Wildman–Crippen LogP) is 3.82. The van der Waals surface area contributed by atoms with Gasteiger partial charge in [0.1, 0.15) is 21.9 Å². The van der Waals surface area contributed by atoms with E-state index in [0.29, 0.717) is 18.8 Å². The van der Waals surface area contributed by atoms with Crippen molar-refractivity contribution in [3.8, 4) is 0 Å². The fourth-order valence-corrected chi connectivity index (χ4v) is 5.44. The fourth-order valence-electron chi connectivity index (χ4n) is 4.56. The number of esters is 1. The van der Waals surface area contributed by atoms with Crippen LogP contribution in [0.4, 0.5) is 0 Å². The van der Waals surface area contributed by atoms with Crippen molar-refractivity contribution in [1.29, 1.82) is 0 Å². The van der Waals surface area contributed by atoms with Crippen molar-refractivity contribution in [2.45, 2.75) is 78.0 Å². The average molecular weight is 379 g/mol. The molecule has 5 nitrogen and oxygen atoms in total. The molecule has 0 amide bonds. The van der Waals surface area contributed by atoms with Gasteiger partial charge in [-0.25, -0.2) is 4.98 Å². The zero-order valence-corrected chi connectivity index (χ0v) is 17.4. The molecule has 2 aliphatic rings. The van der Waals surface area contributed by atoms with Crippen molar-refractivity contribution in [1.82, 2.24) is 10.3 Å². The molecule has 1 aromatic rings. The largest absolute Gasteiger partial charge is 0.459 e. The minimum atomic E-state index is -0.817. The van der Waals surface area contributed by atoms with Crippen molar-refractivity contribution in [2.75, 3.05) is 0 Å². The van der Waals surface area contributed by atoms with Crippen LogP contribution in [-0.4, -0.2) is 27.9 Å². The Hall–Kier alpha value is -1.27. The van der Waals surface area contributed by atoms with E-state index in [0.717, 1.165) is 16.3 Å². The molecule has 0 spiro atoms. The van der Waals surface area contributed by atoms with Crippen molar-refractivity contribution in [2.24, 2.45) is 17.8 Å². The summed E-state index contributed by atoms with van der Waals surface area (Å²) in [6, 6.07) is -0.194. The molecule has 26 heavy (non-hydrogen) atoms. The van der Waals surface area contributed by atoms with Crippen LogP contribution in [0.2, 0.25) is 0 Å². The summed E-state index contributed by atoms with van der Waals surface area (Å²) >= 11 is 1.60. The summed E-state index contributed by atoms with van der Waals surface area (Å²) in [6.07, 6.45) is 3.78. The first kappa shape index (κ1) is 19.5. The van der Waals surface area contributed by atoms with Crippen molar-refractivity contribution >= 4 is 23.1 Å². The molecule has 144 valence electrons. The summed E-state index contributed by atoms with van der Waals surface area (Å²) in [7, 11) is 0. The van der Waals surface area contributed by atoms with E-state index in [1.165, 1.54) is 0 Å². The summed E-state index contributed by atoms with van der Waals surface area (Å²) in [6.45, 7) is 11.9. The summed E-state index contributed by atoms with van der Waals surface area (Å²) in [5, 5.41) is 4.48. The van der Waals surface area contributed by atoms with E-state index in [1.807, 2.05) is 33.9 Å². The number of rotatable bonds is 4. The van der Waals surface area contributed by atoms with E-state index < -0.39 is 11.1 Å². The molecule has 4 atom stereocenters. The molecular weight excluding hydrogens is 348 g/mol. The third kappa shape index (κ3) is 3.46. The van der Waals surface area contributed by atoms with Gasteiger partial charge < -0.3 is 4.74 Å². The third-order valence-electron chi connectivity index (χ3n) is 5.31. The van der Waals surface area contributed by atoms with Crippen LogP contribution in [0.3, 0.4) is 0 Å². The number of ether oxygens (including phenoxy) is 1. The van der Waals surface area contributed by atoms with E-state index in [1.54, 1.807) is 11.3 Å². The molecule has 3 rings (SSSR count). The highest BCUT2D eigenvalue weighted by Crippen LogP contribution is 2.53. The van der Waals surface area contributed by atoms with E-state index in [9.17, 15) is 9.59 Å². The van der Waals surface area contributed by atoms with Gasteiger partial charge in [-0.1, -0.05) is 13.8 Å². The Morgan fingerprint density at radius 1 is 1.46 bits per heavy atom. The number of hydrogen-bond acceptors (Lipinski definition) is 6. The molecule has 1 unspecified atom stereocenters. The molecule has 2 heterocycles. The Kier molecular flexibility index (Phi) is 5.03. The third-order valence-corrected chi connectivity index (χ3v) is 6.31. The van der Waals surface area contributed by atoms with Crippen LogP contribution in [0, 0.1) is 24.7 Å². The van der Waals surface area contributed by atoms with E-state index in [2.05, 4.69) is 24.1 Å². The lowest BCUT2D eigenvalue weighted by molar-refractivity contribution is -0.165. The SMILES string of the molecule is Cc1cnc([C@@H]2N[C@](CC(C)C)(C(=O)OC(C)(C)C)C3CCC(=O)[C@@H]32)s1. The number of carbonyl (C=O) groups excluding carboxylic acids is 2. The average Bonchev–Trinajstić information content (AvgIpc) is 3.15. The topological polar surface area (TPSA) is 68.3 Å². The molecule has 0 bridgehead atoms. The van der Waals surface area contributed by atoms with Gasteiger partial charge in [-0.2, -0.15) is 0 Å². The maximum absolute atomic E-state index is 13.3. The number of Topliss-reactive ketones (excluding diaryl/α,β-unsaturated/α-hetero) is 1. The van der Waals surface area contributed by atoms with Crippen LogP contribution < -0.4 is 5.32 Å². The second kappa shape index (κ2) is 6.71. The monoisotopic (exact) mass is 378 g/mol. The number of hydrogen-bond donors (Lipinski definition) is 1. The lowest BCUT2D eigenvalue weighted by Crippen LogP contribution is -2.55. The van der Waals surface area contributed by atoms with Crippen LogP contribution in [0.1, 0.15) is 69.8 Å². The number of nitrogens with zero attached hydrogens (tertiary/aromatic N) is 1. The maximum Gasteiger partial charge on any atom is 0.327 e. The Balaban J connectivity index is 2.03. The Morgan fingerprint density at radius 3 is 2.69 bits per heavy atom. The smallest absolute Gasteiger partial charge is 0.327 e. The Morgan fingerprint density at radius 2 is 2.15 bits per heavy atom. The molecule has 1 saturated carbocycles. The van der Waals surface area contributed by atoms with Crippen LogP contribution >= 0.6 is 11.3 Å². The molecule has 1 aromatic heterocycles. The van der Waals surface area contributed by atoms with Crippen molar-refractivity contribution in [3.63, 3.8) is 0 Å². The first-order valence-corrected chi connectivity index (χ1v) is 10.3. The molecule has 2 fully saturated rings. The van der Waals surface area contributed by atoms with Crippen LogP contribution in [0.15, 0.2) is 6.20 Å². The van der Waals surface area contributed by atoms with Gasteiger partial charge in [-0.3, -0.25) is 14.9 Å². The summed E-state index contributed by atoms with van der Waals surface area (Å²) in [4.78, 5) is 31.7. The fraction of sp³-hybridized carbons (Fsp3) is 0.750. The molecule has 1 aliphatic carbocycles. The number of ketones is 1. The quantitative estimate of drug-likeness (QED) is 0.807. The van der Waals surface area contributed by atoms with E-state index >= 15 is 0 Å². The van der Waals surface area contributed by atoms with Gasteiger partial charge in [-0.15, -0.1) is 11.3 Å². The maximum atomic E-state index is 13.3. The molecule has 1 saturated heterocycles. The van der Waals surface area contributed by atoms with Gasteiger partial charge in [0, 0.05) is 23.4 Å². The molecule has 1 aliphatic heterocycles. The second-order valence-electron chi connectivity index (χ2n) is 9.14. The molecule has 1 N–H and O–H groups in total. The second-order valence-corrected chi connectivity index (χ2v) is 10.4. The van der Waals surface area contributed by atoms with Gasteiger partial charge in [0.15, 0.2) is 0 Å². The van der Waals surface area contributed by atoms with Gasteiger partial charge >= 0.3 is 5.97 Å². The number of fused-ring (bicyclic) bond motifs is 1. The van der Waals surface area contributed by atoms with Crippen LogP contribution in [0.25, 0.3) is 0 Å². The normalized spacial score (nSPS) is 31.5. The Labute approximate surface area is 159 Å². The van der Waals surface area contributed by atoms with Gasteiger partial charge in [0.05, 0.1) is 6.04 Å². The first-order chi connectivity index (χ1) is 12.0. The highest BCUT2D eigenvalue weighted by molar-refractivity contribution is 7.11. The van der Waals surface area contributed by atoms with Crippen LogP contribution in [-0.2, 0) is 14.3 Å². The molecule has 0 aromatic carbocycles. The van der Waals surface area contributed by atoms with Gasteiger partial charge in [0.2, 0.25) is 0 Å². The van der Waals surface area contributed by atoms with E-state index in [4.69, 9.17) is 4.74 Å². The van der Waals surface area contributed by atoms with Gasteiger partial charge in [0.25, 0.3) is 0 Å². The lowest BCUT2D eigenvalue weighted by atomic mass is 9.76. The number of aryl methyl sites for hydroxylation is 1. The predicted molar refractivity (Wildman–Crippen MR) is 102 cm³/mol. The standard InChI is InChI=1S/C20H30N2O3S/c1-11(2)9-20(18(24)25-19(4,5)6)13-7-8-14(23)15(13)16(22-20)17-21-10-12(3)26-17/h10-11,13,15-16,22H,7-9H2,1-6H3/t13?,15-,16-,20+/m1/s1. The van der Waals surface area contributed by atoms with Crippen LogP contribution in [0.5, 0.6) is 0 Å². The minimum Gasteiger partial charge on any atom is -0.459 e. The molecular formula is C20H30N2O3S. The highest BCUT2D eigenvalue weighted by Gasteiger charge is 2.63. The van der Waals surface area contributed by atoms with Gasteiger partial charge in [-0.05, 0) is 52.4 Å². The molecule has 6 heteroatoms.